The highest BCUT2D eigenvalue weighted by molar-refractivity contribution is 5.55. The van der Waals surface area contributed by atoms with E-state index < -0.39 is 0 Å². The van der Waals surface area contributed by atoms with Gasteiger partial charge in [-0.3, -0.25) is 4.68 Å². The first kappa shape index (κ1) is 12.8. The van der Waals surface area contributed by atoms with Crippen LogP contribution in [0, 0.1) is 6.92 Å². The molecule has 0 radical (unpaired) electrons. The van der Waals surface area contributed by atoms with Gasteiger partial charge in [-0.1, -0.05) is 6.92 Å². The number of hydrogen-bond donors (Lipinski definition) is 1. The van der Waals surface area contributed by atoms with Crippen LogP contribution in [0.15, 0.2) is 16.9 Å². The van der Waals surface area contributed by atoms with Gasteiger partial charge in [-0.25, -0.2) is 4.98 Å². The molecule has 98 valence electrons. The lowest BCUT2D eigenvalue weighted by Gasteiger charge is -2.04. The summed E-state index contributed by atoms with van der Waals surface area (Å²) >= 11 is 0. The summed E-state index contributed by atoms with van der Waals surface area (Å²) in [6, 6.07) is 2.04. The van der Waals surface area contributed by atoms with Gasteiger partial charge in [-0.15, -0.1) is 0 Å². The fourth-order valence-corrected chi connectivity index (χ4v) is 1.96. The van der Waals surface area contributed by atoms with E-state index in [1.54, 1.807) is 0 Å². The van der Waals surface area contributed by atoms with Crippen molar-refractivity contribution in [2.45, 2.75) is 40.3 Å². The van der Waals surface area contributed by atoms with E-state index in [1.807, 2.05) is 17.7 Å². The number of nitrogens with zero attached hydrogens (tertiary/aromatic N) is 3. The van der Waals surface area contributed by atoms with Gasteiger partial charge in [0.25, 0.3) is 0 Å². The summed E-state index contributed by atoms with van der Waals surface area (Å²) in [5, 5.41) is 7.77. The molecule has 0 atom stereocenters. The van der Waals surface area contributed by atoms with Crippen molar-refractivity contribution < 1.29 is 4.42 Å². The smallest absolute Gasteiger partial charge is 0.181 e. The fourth-order valence-electron chi connectivity index (χ4n) is 1.96. The van der Waals surface area contributed by atoms with Gasteiger partial charge in [0.15, 0.2) is 12.2 Å². The van der Waals surface area contributed by atoms with Crippen molar-refractivity contribution in [1.29, 1.82) is 0 Å². The van der Waals surface area contributed by atoms with Crippen LogP contribution in [0.2, 0.25) is 0 Å². The predicted octanol–water partition coefficient (Wildman–Crippen LogP) is 2.37. The predicted molar refractivity (Wildman–Crippen MR) is 70.1 cm³/mol. The van der Waals surface area contributed by atoms with Gasteiger partial charge in [-0.2, -0.15) is 5.10 Å². The first-order valence-electron chi connectivity index (χ1n) is 6.44. The average Bonchev–Trinajstić information content (AvgIpc) is 2.95. The molecule has 1 N–H and O–H groups in total. The van der Waals surface area contributed by atoms with Crippen LogP contribution in [0.25, 0.3) is 11.5 Å². The minimum atomic E-state index is 0.730. The van der Waals surface area contributed by atoms with Crippen LogP contribution in [0.4, 0.5) is 0 Å². The Morgan fingerprint density at radius 3 is 2.94 bits per heavy atom. The van der Waals surface area contributed by atoms with E-state index in [9.17, 15) is 0 Å². The second-order valence-electron chi connectivity index (χ2n) is 4.29. The Kier molecular flexibility index (Phi) is 4.15. The van der Waals surface area contributed by atoms with Crippen molar-refractivity contribution in [1.82, 2.24) is 20.1 Å². The number of nitrogens with one attached hydrogen (secondary N) is 1. The first-order chi connectivity index (χ1) is 8.76. The van der Waals surface area contributed by atoms with E-state index in [0.29, 0.717) is 0 Å². The Morgan fingerprint density at radius 1 is 1.39 bits per heavy atom. The second-order valence-corrected chi connectivity index (χ2v) is 4.29. The molecule has 2 rings (SSSR count). The lowest BCUT2D eigenvalue weighted by Crippen LogP contribution is -2.14. The second kappa shape index (κ2) is 5.82. The summed E-state index contributed by atoms with van der Waals surface area (Å²) in [6.45, 7) is 8.74. The van der Waals surface area contributed by atoms with Gasteiger partial charge in [-0.05, 0) is 32.9 Å². The molecule has 0 aromatic carbocycles. The first-order valence-corrected chi connectivity index (χ1v) is 6.44. The monoisotopic (exact) mass is 248 g/mol. The van der Waals surface area contributed by atoms with Gasteiger partial charge in [0.2, 0.25) is 0 Å². The molecule has 0 fully saturated rings. The molecule has 2 aromatic rings. The van der Waals surface area contributed by atoms with Crippen molar-refractivity contribution >= 4 is 0 Å². The molecular weight excluding hydrogens is 228 g/mol. The minimum Gasteiger partial charge on any atom is -0.442 e. The maximum atomic E-state index is 5.53. The number of aromatic nitrogens is 3. The maximum Gasteiger partial charge on any atom is 0.181 e. The van der Waals surface area contributed by atoms with E-state index in [1.165, 1.54) is 6.39 Å². The normalized spacial score (nSPS) is 11.1. The zero-order valence-corrected chi connectivity index (χ0v) is 11.2. The van der Waals surface area contributed by atoms with E-state index >= 15 is 0 Å². The molecule has 0 aliphatic carbocycles. The average molecular weight is 248 g/mol. The van der Waals surface area contributed by atoms with Crippen LogP contribution in [0.3, 0.4) is 0 Å². The third-order valence-corrected chi connectivity index (χ3v) is 2.79. The molecule has 0 aliphatic heterocycles. The molecule has 0 unspecified atom stereocenters. The Hall–Kier alpha value is -1.62. The van der Waals surface area contributed by atoms with Gasteiger partial charge >= 0.3 is 0 Å². The van der Waals surface area contributed by atoms with Gasteiger partial charge in [0.1, 0.15) is 11.4 Å². The van der Waals surface area contributed by atoms with Crippen molar-refractivity contribution in [3.05, 3.63) is 23.8 Å². The van der Waals surface area contributed by atoms with Crippen molar-refractivity contribution in [2.24, 2.45) is 0 Å². The molecule has 2 aromatic heterocycles. The number of rotatable bonds is 6. The maximum absolute atomic E-state index is 5.53. The highest BCUT2D eigenvalue weighted by Crippen LogP contribution is 2.24. The Morgan fingerprint density at radius 2 is 2.22 bits per heavy atom. The largest absolute Gasteiger partial charge is 0.442 e. The topological polar surface area (TPSA) is 55.9 Å². The van der Waals surface area contributed by atoms with E-state index in [2.05, 4.69) is 29.2 Å². The minimum absolute atomic E-state index is 0.730. The van der Waals surface area contributed by atoms with Gasteiger partial charge in [0, 0.05) is 13.1 Å². The lowest BCUT2D eigenvalue weighted by atomic mass is 10.2. The molecular formula is C13H20N4O. The highest BCUT2D eigenvalue weighted by atomic mass is 16.3. The number of oxazole rings is 1. The molecule has 5 heteroatoms. The molecule has 0 spiro atoms. The Bertz CT molecular complexity index is 501. The molecule has 0 aliphatic rings. The summed E-state index contributed by atoms with van der Waals surface area (Å²) in [4.78, 5) is 4.28. The molecule has 18 heavy (non-hydrogen) atoms. The van der Waals surface area contributed by atoms with Crippen molar-refractivity contribution in [2.75, 3.05) is 6.54 Å². The Balaban J connectivity index is 2.24. The zero-order chi connectivity index (χ0) is 13.0. The van der Waals surface area contributed by atoms with E-state index in [4.69, 9.17) is 4.42 Å². The number of hydrogen-bond acceptors (Lipinski definition) is 4. The SMILES string of the molecule is CCCNCc1ncoc1-c1cc(C)nn1CC. The summed E-state index contributed by atoms with van der Waals surface area (Å²) in [6.07, 6.45) is 2.61. The van der Waals surface area contributed by atoms with Gasteiger partial charge < -0.3 is 9.73 Å². The molecule has 2 heterocycles. The van der Waals surface area contributed by atoms with Crippen LogP contribution in [0.5, 0.6) is 0 Å². The van der Waals surface area contributed by atoms with Crippen LogP contribution in [-0.4, -0.2) is 21.3 Å². The fraction of sp³-hybridized carbons (Fsp3) is 0.538. The zero-order valence-electron chi connectivity index (χ0n) is 11.2. The van der Waals surface area contributed by atoms with Crippen LogP contribution in [-0.2, 0) is 13.1 Å². The summed E-state index contributed by atoms with van der Waals surface area (Å²) in [5.41, 5.74) is 2.94. The number of aryl methyl sites for hydroxylation is 2. The lowest BCUT2D eigenvalue weighted by molar-refractivity contribution is 0.554. The van der Waals surface area contributed by atoms with Crippen LogP contribution < -0.4 is 5.32 Å². The molecule has 5 nitrogen and oxygen atoms in total. The molecule has 0 amide bonds. The molecule has 0 bridgehead atoms. The quantitative estimate of drug-likeness (QED) is 0.797. The third-order valence-electron chi connectivity index (χ3n) is 2.79. The van der Waals surface area contributed by atoms with E-state index in [-0.39, 0.29) is 0 Å². The standard InChI is InChI=1S/C13H20N4O/c1-4-6-14-8-11-13(18-9-15-11)12-7-10(3)16-17(12)5-2/h7,9,14H,4-6,8H2,1-3H3. The molecule has 0 saturated carbocycles. The highest BCUT2D eigenvalue weighted by Gasteiger charge is 2.15. The summed E-state index contributed by atoms with van der Waals surface area (Å²) in [7, 11) is 0. The Labute approximate surface area is 107 Å². The molecule has 0 saturated heterocycles. The third kappa shape index (κ3) is 2.61. The van der Waals surface area contributed by atoms with Crippen LogP contribution >= 0.6 is 0 Å². The van der Waals surface area contributed by atoms with Gasteiger partial charge in [0.05, 0.1) is 5.69 Å². The van der Waals surface area contributed by atoms with Crippen molar-refractivity contribution in [3.8, 4) is 11.5 Å². The van der Waals surface area contributed by atoms with Crippen molar-refractivity contribution in [3.63, 3.8) is 0 Å². The summed E-state index contributed by atoms with van der Waals surface area (Å²) in [5.74, 6) is 0.820. The summed E-state index contributed by atoms with van der Waals surface area (Å²) < 4.78 is 7.47. The van der Waals surface area contributed by atoms with E-state index in [0.717, 1.165) is 48.9 Å². The van der Waals surface area contributed by atoms with Crippen LogP contribution in [0.1, 0.15) is 31.7 Å².